The highest BCUT2D eigenvalue weighted by atomic mass is 19.4. The molecule has 0 spiro atoms. The van der Waals surface area contributed by atoms with E-state index in [2.05, 4.69) is 5.10 Å². The third-order valence-electron chi connectivity index (χ3n) is 4.54. The molecule has 0 bridgehead atoms. The van der Waals surface area contributed by atoms with Crippen LogP contribution >= 0.6 is 0 Å². The van der Waals surface area contributed by atoms with Gasteiger partial charge in [0.2, 0.25) is 5.91 Å². The number of carbonyl (C=O) groups is 1. The minimum atomic E-state index is -4.50. The molecule has 3 rings (SSSR count). The van der Waals surface area contributed by atoms with Crippen LogP contribution in [0.25, 0.3) is 0 Å². The van der Waals surface area contributed by atoms with Gasteiger partial charge < -0.3 is 4.90 Å². The molecule has 2 aromatic rings. The molecule has 4 nitrogen and oxygen atoms in total. The molecule has 25 heavy (non-hydrogen) atoms. The molecule has 0 saturated heterocycles. The molecule has 1 aromatic carbocycles. The smallest absolute Gasteiger partial charge is 0.334 e. The van der Waals surface area contributed by atoms with Gasteiger partial charge in [-0.05, 0) is 37.3 Å². The highest BCUT2D eigenvalue weighted by molar-refractivity contribution is 5.76. The Morgan fingerprint density at radius 3 is 2.52 bits per heavy atom. The molecule has 1 heterocycles. The Morgan fingerprint density at radius 1 is 1.28 bits per heavy atom. The Bertz CT molecular complexity index is 723. The van der Waals surface area contributed by atoms with Crippen molar-refractivity contribution in [3.8, 4) is 0 Å². The van der Waals surface area contributed by atoms with Gasteiger partial charge in [0.25, 0.3) is 0 Å². The lowest BCUT2D eigenvalue weighted by Crippen LogP contribution is -2.41. The van der Waals surface area contributed by atoms with Crippen LogP contribution in [0.3, 0.4) is 0 Å². The predicted octanol–water partition coefficient (Wildman–Crippen LogP) is 3.73. The van der Waals surface area contributed by atoms with E-state index in [1.54, 1.807) is 4.90 Å². The van der Waals surface area contributed by atoms with Crippen molar-refractivity contribution in [2.45, 2.75) is 45.1 Å². The topological polar surface area (TPSA) is 38.1 Å². The summed E-state index contributed by atoms with van der Waals surface area (Å²) in [5.74, 6) is 0.246. The van der Waals surface area contributed by atoms with Gasteiger partial charge in [-0.3, -0.25) is 9.48 Å². The maximum atomic E-state index is 12.7. The number of hydrogen-bond acceptors (Lipinski definition) is 2. The van der Waals surface area contributed by atoms with Crippen LogP contribution in [0.2, 0.25) is 0 Å². The van der Waals surface area contributed by atoms with E-state index < -0.39 is 11.9 Å². The van der Waals surface area contributed by atoms with Crippen molar-refractivity contribution >= 4 is 5.91 Å². The summed E-state index contributed by atoms with van der Waals surface area (Å²) in [4.78, 5) is 14.5. The predicted molar refractivity (Wildman–Crippen MR) is 86.4 cm³/mol. The molecule has 0 unspecified atom stereocenters. The van der Waals surface area contributed by atoms with E-state index in [4.69, 9.17) is 0 Å². The van der Waals surface area contributed by atoms with Crippen LogP contribution in [-0.2, 0) is 24.1 Å². The highest BCUT2D eigenvalue weighted by Gasteiger charge is 2.36. The lowest BCUT2D eigenvalue weighted by Gasteiger charge is -2.29. The number of alkyl halides is 3. The zero-order valence-electron chi connectivity index (χ0n) is 13.9. The second-order valence-electron chi connectivity index (χ2n) is 6.48. The number of carbonyl (C=O) groups excluding carboxylic acids is 1. The Morgan fingerprint density at radius 2 is 1.96 bits per heavy atom. The number of benzene rings is 1. The maximum Gasteiger partial charge on any atom is 0.435 e. The van der Waals surface area contributed by atoms with Gasteiger partial charge in [0, 0.05) is 18.8 Å². The standard InChI is InChI=1S/C18H20F3N3O/c1-13(15-7-8-15)24(11-14-5-3-2-4-6-14)17(25)12-23-10-9-16(22-23)18(19,20)21/h2-6,9-10,13,15H,7-8,11-12H2,1H3/t13-/m0/s1. The van der Waals surface area contributed by atoms with Gasteiger partial charge in [-0.15, -0.1) is 0 Å². The normalized spacial score (nSPS) is 15.8. The molecule has 0 radical (unpaired) electrons. The van der Waals surface area contributed by atoms with E-state index in [-0.39, 0.29) is 18.5 Å². The van der Waals surface area contributed by atoms with Crippen LogP contribution in [-0.4, -0.2) is 26.6 Å². The largest absolute Gasteiger partial charge is 0.435 e. The summed E-state index contributed by atoms with van der Waals surface area (Å²) in [5, 5.41) is 3.47. The molecule has 1 fully saturated rings. The lowest BCUT2D eigenvalue weighted by molar-refractivity contribution is -0.142. The fourth-order valence-corrected chi connectivity index (χ4v) is 2.90. The van der Waals surface area contributed by atoms with Crippen molar-refractivity contribution in [3.05, 3.63) is 53.9 Å². The maximum absolute atomic E-state index is 12.7. The fraction of sp³-hybridized carbons (Fsp3) is 0.444. The van der Waals surface area contributed by atoms with E-state index in [0.29, 0.717) is 12.5 Å². The third-order valence-corrected chi connectivity index (χ3v) is 4.54. The average Bonchev–Trinajstić information content (AvgIpc) is 3.31. The average molecular weight is 351 g/mol. The Hall–Kier alpha value is -2.31. The molecular formula is C18H20F3N3O. The first-order chi connectivity index (χ1) is 11.8. The molecule has 1 saturated carbocycles. The van der Waals surface area contributed by atoms with Gasteiger partial charge in [-0.25, -0.2) is 0 Å². The molecule has 0 N–H and O–H groups in total. The zero-order chi connectivity index (χ0) is 18.0. The first-order valence-corrected chi connectivity index (χ1v) is 8.28. The molecule has 1 aromatic heterocycles. The number of amides is 1. The summed E-state index contributed by atoms with van der Waals surface area (Å²) >= 11 is 0. The molecule has 1 aliphatic carbocycles. The molecule has 7 heteroatoms. The van der Waals surface area contributed by atoms with Gasteiger partial charge in [-0.1, -0.05) is 30.3 Å². The Kier molecular flexibility index (Phi) is 4.83. The molecule has 134 valence electrons. The third kappa shape index (κ3) is 4.41. The van der Waals surface area contributed by atoms with E-state index in [1.165, 1.54) is 6.20 Å². The van der Waals surface area contributed by atoms with Gasteiger partial charge >= 0.3 is 6.18 Å². The summed E-state index contributed by atoms with van der Waals surface area (Å²) < 4.78 is 39.0. The highest BCUT2D eigenvalue weighted by Crippen LogP contribution is 2.36. The molecular weight excluding hydrogens is 331 g/mol. The quantitative estimate of drug-likeness (QED) is 0.795. The minimum Gasteiger partial charge on any atom is -0.334 e. The van der Waals surface area contributed by atoms with Crippen LogP contribution in [0.5, 0.6) is 0 Å². The Labute approximate surface area is 144 Å². The minimum absolute atomic E-state index is 0.0605. The fourth-order valence-electron chi connectivity index (χ4n) is 2.90. The van der Waals surface area contributed by atoms with Gasteiger partial charge in [0.15, 0.2) is 5.69 Å². The first-order valence-electron chi connectivity index (χ1n) is 8.28. The van der Waals surface area contributed by atoms with Crippen molar-refractivity contribution < 1.29 is 18.0 Å². The number of hydrogen-bond donors (Lipinski definition) is 0. The summed E-state index contributed by atoms with van der Waals surface area (Å²) in [6.07, 6.45) is -1.14. The van der Waals surface area contributed by atoms with Crippen LogP contribution in [0, 0.1) is 5.92 Å². The van der Waals surface area contributed by atoms with Crippen molar-refractivity contribution in [3.63, 3.8) is 0 Å². The summed E-state index contributed by atoms with van der Waals surface area (Å²) in [7, 11) is 0. The van der Waals surface area contributed by atoms with Crippen molar-refractivity contribution in [2.75, 3.05) is 0 Å². The Balaban J connectivity index is 1.73. The van der Waals surface area contributed by atoms with Gasteiger partial charge in [0.1, 0.15) is 6.54 Å². The molecule has 1 atom stereocenters. The summed E-state index contributed by atoms with van der Waals surface area (Å²) in [5.41, 5.74) is 0.0185. The summed E-state index contributed by atoms with van der Waals surface area (Å²) in [6, 6.07) is 10.5. The first kappa shape index (κ1) is 17.5. The second kappa shape index (κ2) is 6.90. The number of nitrogens with zero attached hydrogens (tertiary/aromatic N) is 3. The van der Waals surface area contributed by atoms with Gasteiger partial charge in [-0.2, -0.15) is 18.3 Å². The molecule has 1 aliphatic rings. The van der Waals surface area contributed by atoms with Crippen molar-refractivity contribution in [2.24, 2.45) is 5.92 Å². The monoisotopic (exact) mass is 351 g/mol. The van der Waals surface area contributed by atoms with Crippen molar-refractivity contribution in [1.82, 2.24) is 14.7 Å². The van der Waals surface area contributed by atoms with Crippen LogP contribution in [0.15, 0.2) is 42.6 Å². The number of rotatable bonds is 6. The number of aromatic nitrogens is 2. The van der Waals surface area contributed by atoms with E-state index in [0.717, 1.165) is 29.2 Å². The zero-order valence-corrected chi connectivity index (χ0v) is 13.9. The van der Waals surface area contributed by atoms with Crippen LogP contribution < -0.4 is 0 Å². The lowest BCUT2D eigenvalue weighted by atomic mass is 10.1. The van der Waals surface area contributed by atoms with E-state index in [1.807, 2.05) is 37.3 Å². The van der Waals surface area contributed by atoms with Crippen LogP contribution in [0.4, 0.5) is 13.2 Å². The van der Waals surface area contributed by atoms with E-state index in [9.17, 15) is 18.0 Å². The van der Waals surface area contributed by atoms with E-state index >= 15 is 0 Å². The molecule has 1 amide bonds. The SMILES string of the molecule is C[C@@H](C1CC1)N(Cc1ccccc1)C(=O)Cn1ccc(C(F)(F)F)n1. The second-order valence-corrected chi connectivity index (χ2v) is 6.48. The van der Waals surface area contributed by atoms with Crippen LogP contribution in [0.1, 0.15) is 31.0 Å². The number of halogens is 3. The molecule has 0 aliphatic heterocycles. The van der Waals surface area contributed by atoms with Crippen molar-refractivity contribution in [1.29, 1.82) is 0 Å². The van der Waals surface area contributed by atoms with Gasteiger partial charge in [0.05, 0.1) is 0 Å². The summed E-state index contributed by atoms with van der Waals surface area (Å²) in [6.45, 7) is 2.26.